The molecular formula is C14H18FNO2S. The summed E-state index contributed by atoms with van der Waals surface area (Å²) in [6.07, 6.45) is 0. The van der Waals surface area contributed by atoms with E-state index in [0.29, 0.717) is 17.4 Å². The van der Waals surface area contributed by atoms with Gasteiger partial charge in [0.15, 0.2) is 5.78 Å². The van der Waals surface area contributed by atoms with Crippen molar-refractivity contribution in [3.05, 3.63) is 29.1 Å². The van der Waals surface area contributed by atoms with Crippen LogP contribution in [-0.2, 0) is 6.54 Å². The molecule has 1 heterocycles. The van der Waals surface area contributed by atoms with E-state index >= 15 is 0 Å². The molecule has 0 radical (unpaired) electrons. The molecule has 1 N–H and O–H groups in total. The maximum absolute atomic E-state index is 13.5. The van der Waals surface area contributed by atoms with Crippen LogP contribution in [-0.4, -0.2) is 39.9 Å². The second kappa shape index (κ2) is 5.92. The number of aromatic hydroxyl groups is 1. The van der Waals surface area contributed by atoms with Crippen LogP contribution in [0.15, 0.2) is 12.1 Å². The Morgan fingerprint density at radius 2 is 2.32 bits per heavy atom. The number of rotatable bonds is 3. The molecule has 5 heteroatoms. The zero-order valence-electron chi connectivity index (χ0n) is 11.1. The summed E-state index contributed by atoms with van der Waals surface area (Å²) < 4.78 is 13.5. The van der Waals surface area contributed by atoms with Crippen LogP contribution in [0.3, 0.4) is 0 Å². The van der Waals surface area contributed by atoms with E-state index in [1.165, 1.54) is 13.0 Å². The maximum Gasteiger partial charge on any atom is 0.163 e. The van der Waals surface area contributed by atoms with E-state index < -0.39 is 5.82 Å². The quantitative estimate of drug-likeness (QED) is 0.866. The summed E-state index contributed by atoms with van der Waals surface area (Å²) in [6.45, 7) is 5.80. The minimum atomic E-state index is -0.475. The van der Waals surface area contributed by atoms with E-state index in [1.807, 2.05) is 11.8 Å². The summed E-state index contributed by atoms with van der Waals surface area (Å²) in [5.41, 5.74) is 0.554. The largest absolute Gasteiger partial charge is 0.507 e. The number of hydrogen-bond donors (Lipinski definition) is 1. The van der Waals surface area contributed by atoms with Crippen molar-refractivity contribution in [3.8, 4) is 5.75 Å². The van der Waals surface area contributed by atoms with Crippen LogP contribution in [0.25, 0.3) is 0 Å². The minimum absolute atomic E-state index is 0.0643. The Labute approximate surface area is 116 Å². The predicted molar refractivity (Wildman–Crippen MR) is 75.3 cm³/mol. The molecule has 2 rings (SSSR count). The number of phenols is 1. The van der Waals surface area contributed by atoms with Crippen molar-refractivity contribution >= 4 is 17.5 Å². The monoisotopic (exact) mass is 283 g/mol. The molecule has 1 aliphatic rings. The number of phenolic OH excluding ortho intramolecular Hbond substituents is 1. The summed E-state index contributed by atoms with van der Waals surface area (Å²) in [6, 6.07) is 2.41. The zero-order chi connectivity index (χ0) is 14.0. The van der Waals surface area contributed by atoms with E-state index in [9.17, 15) is 14.3 Å². The molecule has 0 aromatic heterocycles. The van der Waals surface area contributed by atoms with E-state index in [4.69, 9.17) is 0 Å². The maximum atomic E-state index is 13.5. The van der Waals surface area contributed by atoms with Crippen LogP contribution >= 0.6 is 11.8 Å². The van der Waals surface area contributed by atoms with Gasteiger partial charge in [0, 0.05) is 36.2 Å². The molecule has 0 aliphatic carbocycles. The molecule has 104 valence electrons. The van der Waals surface area contributed by atoms with Gasteiger partial charge in [0.2, 0.25) is 0 Å². The van der Waals surface area contributed by atoms with E-state index in [0.717, 1.165) is 24.9 Å². The highest BCUT2D eigenvalue weighted by Crippen LogP contribution is 2.27. The highest BCUT2D eigenvalue weighted by atomic mass is 32.2. The zero-order valence-corrected chi connectivity index (χ0v) is 12.0. The Morgan fingerprint density at radius 3 is 2.95 bits per heavy atom. The molecule has 19 heavy (non-hydrogen) atoms. The third-order valence-electron chi connectivity index (χ3n) is 3.25. The van der Waals surface area contributed by atoms with Crippen LogP contribution in [0.5, 0.6) is 5.75 Å². The van der Waals surface area contributed by atoms with Gasteiger partial charge in [-0.15, -0.1) is 0 Å². The molecule has 0 bridgehead atoms. The number of ketones is 1. The number of carbonyl (C=O) groups excluding carboxylic acids is 1. The Balaban J connectivity index is 2.22. The predicted octanol–water partition coefficient (Wildman–Crippen LogP) is 2.67. The van der Waals surface area contributed by atoms with E-state index in [-0.39, 0.29) is 17.1 Å². The topological polar surface area (TPSA) is 40.5 Å². The summed E-state index contributed by atoms with van der Waals surface area (Å²) in [5.74, 6) is 0.162. The number of benzene rings is 1. The Bertz CT molecular complexity index is 493. The van der Waals surface area contributed by atoms with Crippen LogP contribution in [0.4, 0.5) is 4.39 Å². The summed E-state index contributed by atoms with van der Waals surface area (Å²) in [4.78, 5) is 13.6. The first-order chi connectivity index (χ1) is 8.97. The summed E-state index contributed by atoms with van der Waals surface area (Å²) >= 11 is 1.92. The third kappa shape index (κ3) is 3.48. The molecule has 3 nitrogen and oxygen atoms in total. The second-order valence-electron chi connectivity index (χ2n) is 4.93. The molecule has 1 aliphatic heterocycles. The second-order valence-corrected chi connectivity index (χ2v) is 6.48. The van der Waals surface area contributed by atoms with Gasteiger partial charge in [-0.2, -0.15) is 11.8 Å². The molecule has 1 saturated heterocycles. The number of Topliss-reactive ketones (excluding diaryl/α,β-unsaturated/α-hetero) is 1. The first-order valence-electron chi connectivity index (χ1n) is 6.33. The van der Waals surface area contributed by atoms with E-state index in [1.54, 1.807) is 0 Å². The molecule has 1 unspecified atom stereocenters. The number of thioether (sulfide) groups is 1. The van der Waals surface area contributed by atoms with Gasteiger partial charge in [-0.3, -0.25) is 9.69 Å². The van der Waals surface area contributed by atoms with Gasteiger partial charge < -0.3 is 5.11 Å². The van der Waals surface area contributed by atoms with Crippen LogP contribution < -0.4 is 0 Å². The SMILES string of the molecule is CC(=O)c1cc(F)cc(CN2CCSC(C)C2)c1O. The van der Waals surface area contributed by atoms with Gasteiger partial charge in [-0.25, -0.2) is 4.39 Å². The normalized spacial score (nSPS) is 20.5. The first-order valence-corrected chi connectivity index (χ1v) is 7.38. The average molecular weight is 283 g/mol. The first kappa shape index (κ1) is 14.3. The lowest BCUT2D eigenvalue weighted by Crippen LogP contribution is -2.36. The standard InChI is InChI=1S/C14H18FNO2S/c1-9-7-16(3-4-19-9)8-11-5-12(15)6-13(10(2)17)14(11)18/h5-6,9,18H,3-4,7-8H2,1-2H3. The smallest absolute Gasteiger partial charge is 0.163 e. The molecule has 1 aromatic rings. The van der Waals surface area contributed by atoms with Crippen molar-refractivity contribution in [3.63, 3.8) is 0 Å². The molecule has 1 aromatic carbocycles. The number of hydrogen-bond acceptors (Lipinski definition) is 4. The molecular weight excluding hydrogens is 265 g/mol. The van der Waals surface area contributed by atoms with Gasteiger partial charge in [0.1, 0.15) is 11.6 Å². The van der Waals surface area contributed by atoms with Crippen LogP contribution in [0.2, 0.25) is 0 Å². The fourth-order valence-corrected chi connectivity index (χ4v) is 3.40. The fourth-order valence-electron chi connectivity index (χ4n) is 2.32. The molecule has 1 fully saturated rings. The summed E-state index contributed by atoms with van der Waals surface area (Å²) in [5, 5.41) is 10.6. The lowest BCUT2D eigenvalue weighted by Gasteiger charge is -2.30. The van der Waals surface area contributed by atoms with Crippen LogP contribution in [0.1, 0.15) is 29.8 Å². The number of carbonyl (C=O) groups is 1. The highest BCUT2D eigenvalue weighted by Gasteiger charge is 2.20. The minimum Gasteiger partial charge on any atom is -0.507 e. The molecule has 1 atom stereocenters. The number of nitrogens with zero attached hydrogens (tertiary/aromatic N) is 1. The lowest BCUT2D eigenvalue weighted by atomic mass is 10.0. The molecule has 0 spiro atoms. The van der Waals surface area contributed by atoms with E-state index in [2.05, 4.69) is 11.8 Å². The van der Waals surface area contributed by atoms with Crippen molar-refractivity contribution in [2.45, 2.75) is 25.6 Å². The summed E-state index contributed by atoms with van der Waals surface area (Å²) in [7, 11) is 0. The number of halogens is 1. The fraction of sp³-hybridized carbons (Fsp3) is 0.500. The molecule has 0 saturated carbocycles. The van der Waals surface area contributed by atoms with Crippen molar-refractivity contribution in [1.82, 2.24) is 4.90 Å². The van der Waals surface area contributed by atoms with Gasteiger partial charge in [0.25, 0.3) is 0 Å². The Morgan fingerprint density at radius 1 is 1.58 bits per heavy atom. The van der Waals surface area contributed by atoms with Gasteiger partial charge in [0.05, 0.1) is 5.56 Å². The lowest BCUT2D eigenvalue weighted by molar-refractivity contribution is 0.101. The van der Waals surface area contributed by atoms with Gasteiger partial charge in [-0.05, 0) is 19.1 Å². The Kier molecular flexibility index (Phi) is 4.47. The Hall–Kier alpha value is -1.07. The van der Waals surface area contributed by atoms with Gasteiger partial charge >= 0.3 is 0 Å². The van der Waals surface area contributed by atoms with Crippen molar-refractivity contribution in [2.24, 2.45) is 0 Å². The third-order valence-corrected chi connectivity index (χ3v) is 4.39. The van der Waals surface area contributed by atoms with Crippen molar-refractivity contribution in [2.75, 3.05) is 18.8 Å². The molecule has 0 amide bonds. The average Bonchev–Trinajstić information content (AvgIpc) is 2.33. The highest BCUT2D eigenvalue weighted by molar-refractivity contribution is 7.99. The van der Waals surface area contributed by atoms with Crippen LogP contribution in [0, 0.1) is 5.82 Å². The van der Waals surface area contributed by atoms with Gasteiger partial charge in [-0.1, -0.05) is 6.92 Å². The van der Waals surface area contributed by atoms with Crippen molar-refractivity contribution < 1.29 is 14.3 Å². The van der Waals surface area contributed by atoms with Crippen molar-refractivity contribution in [1.29, 1.82) is 0 Å².